The third-order valence-corrected chi connectivity index (χ3v) is 4.89. The molecule has 0 aromatic heterocycles. The SMILES string of the molecule is Cc1ccc(CNC(=O)c2ccc(C(=O)NCc3ccc(N(C)C)cc3)cc2)cc1. The van der Waals surface area contributed by atoms with Crippen LogP contribution in [0.15, 0.2) is 72.8 Å². The Hall–Kier alpha value is -3.60. The van der Waals surface area contributed by atoms with Gasteiger partial charge in [-0.1, -0.05) is 42.0 Å². The molecule has 0 aliphatic rings. The Kier molecular flexibility index (Phi) is 6.86. The van der Waals surface area contributed by atoms with Crippen LogP contribution >= 0.6 is 0 Å². The summed E-state index contributed by atoms with van der Waals surface area (Å²) in [4.78, 5) is 26.8. The van der Waals surface area contributed by atoms with Gasteiger partial charge in [0.15, 0.2) is 0 Å². The van der Waals surface area contributed by atoms with Gasteiger partial charge in [0.25, 0.3) is 11.8 Å². The maximum absolute atomic E-state index is 12.4. The molecule has 0 heterocycles. The normalized spacial score (nSPS) is 10.4. The van der Waals surface area contributed by atoms with Crippen LogP contribution < -0.4 is 15.5 Å². The Bertz CT molecular complexity index is 992. The largest absolute Gasteiger partial charge is 0.378 e. The minimum atomic E-state index is -0.168. The van der Waals surface area contributed by atoms with E-state index in [1.807, 2.05) is 74.4 Å². The number of nitrogens with one attached hydrogen (secondary N) is 2. The minimum Gasteiger partial charge on any atom is -0.378 e. The van der Waals surface area contributed by atoms with Crippen LogP contribution in [0, 0.1) is 6.92 Å². The maximum atomic E-state index is 12.4. The van der Waals surface area contributed by atoms with E-state index in [-0.39, 0.29) is 11.8 Å². The lowest BCUT2D eigenvalue weighted by Crippen LogP contribution is -2.24. The molecule has 0 bridgehead atoms. The predicted molar refractivity (Wildman–Crippen MR) is 121 cm³/mol. The van der Waals surface area contributed by atoms with Crippen molar-refractivity contribution in [1.82, 2.24) is 10.6 Å². The molecule has 0 saturated heterocycles. The van der Waals surface area contributed by atoms with Crippen molar-refractivity contribution in [1.29, 1.82) is 0 Å². The van der Waals surface area contributed by atoms with Crippen LogP contribution in [0.2, 0.25) is 0 Å². The first-order chi connectivity index (χ1) is 14.4. The fourth-order valence-corrected chi connectivity index (χ4v) is 2.96. The average Bonchev–Trinajstić information content (AvgIpc) is 2.77. The number of nitrogens with zero attached hydrogens (tertiary/aromatic N) is 1. The van der Waals surface area contributed by atoms with E-state index in [1.54, 1.807) is 24.3 Å². The van der Waals surface area contributed by atoms with E-state index in [0.29, 0.717) is 24.2 Å². The summed E-state index contributed by atoms with van der Waals surface area (Å²) in [7, 11) is 3.98. The average molecular weight is 402 g/mol. The third kappa shape index (κ3) is 5.70. The zero-order valence-corrected chi connectivity index (χ0v) is 17.6. The molecule has 3 rings (SSSR count). The molecule has 0 fully saturated rings. The number of anilines is 1. The number of hydrogen-bond acceptors (Lipinski definition) is 3. The summed E-state index contributed by atoms with van der Waals surface area (Å²) in [6, 6.07) is 22.8. The van der Waals surface area contributed by atoms with Crippen molar-refractivity contribution in [3.05, 3.63) is 101 Å². The predicted octanol–water partition coefficient (Wildman–Crippen LogP) is 3.92. The van der Waals surface area contributed by atoms with Gasteiger partial charge in [-0.15, -0.1) is 0 Å². The van der Waals surface area contributed by atoms with Gasteiger partial charge in [0.1, 0.15) is 0 Å². The molecular weight excluding hydrogens is 374 g/mol. The highest BCUT2D eigenvalue weighted by molar-refractivity contribution is 5.97. The Morgan fingerprint density at radius 2 is 1.07 bits per heavy atom. The lowest BCUT2D eigenvalue weighted by atomic mass is 10.1. The van der Waals surface area contributed by atoms with Crippen molar-refractivity contribution in [2.75, 3.05) is 19.0 Å². The van der Waals surface area contributed by atoms with Gasteiger partial charge in [0.2, 0.25) is 0 Å². The van der Waals surface area contributed by atoms with Crippen molar-refractivity contribution in [2.45, 2.75) is 20.0 Å². The molecule has 5 heteroatoms. The van der Waals surface area contributed by atoms with Crippen molar-refractivity contribution < 1.29 is 9.59 Å². The first-order valence-electron chi connectivity index (χ1n) is 9.90. The third-order valence-electron chi connectivity index (χ3n) is 4.89. The second kappa shape index (κ2) is 9.74. The fourth-order valence-electron chi connectivity index (χ4n) is 2.96. The van der Waals surface area contributed by atoms with E-state index in [9.17, 15) is 9.59 Å². The molecule has 0 saturated carbocycles. The summed E-state index contributed by atoms with van der Waals surface area (Å²) in [5.41, 5.74) is 5.42. The lowest BCUT2D eigenvalue weighted by molar-refractivity contribution is 0.0939. The van der Waals surface area contributed by atoms with Crippen LogP contribution in [-0.4, -0.2) is 25.9 Å². The minimum absolute atomic E-state index is 0.163. The van der Waals surface area contributed by atoms with Gasteiger partial charge in [-0.05, 0) is 54.4 Å². The van der Waals surface area contributed by atoms with Crippen molar-refractivity contribution in [2.24, 2.45) is 0 Å². The number of hydrogen-bond donors (Lipinski definition) is 2. The molecule has 0 aliphatic carbocycles. The van der Waals surface area contributed by atoms with E-state index in [4.69, 9.17) is 0 Å². The summed E-state index contributed by atoms with van der Waals surface area (Å²) < 4.78 is 0. The number of benzene rings is 3. The van der Waals surface area contributed by atoms with Crippen LogP contribution in [-0.2, 0) is 13.1 Å². The van der Waals surface area contributed by atoms with Crippen molar-refractivity contribution in [3.8, 4) is 0 Å². The van der Waals surface area contributed by atoms with Gasteiger partial charge in [0, 0.05) is 44.0 Å². The Balaban J connectivity index is 1.51. The van der Waals surface area contributed by atoms with Gasteiger partial charge in [-0.3, -0.25) is 9.59 Å². The monoisotopic (exact) mass is 401 g/mol. The number of carbonyl (C=O) groups is 2. The van der Waals surface area contributed by atoms with Gasteiger partial charge in [0.05, 0.1) is 0 Å². The van der Waals surface area contributed by atoms with Gasteiger partial charge >= 0.3 is 0 Å². The Labute approximate surface area is 177 Å². The van der Waals surface area contributed by atoms with E-state index in [1.165, 1.54) is 5.56 Å². The van der Waals surface area contributed by atoms with Crippen LogP contribution in [0.3, 0.4) is 0 Å². The van der Waals surface area contributed by atoms with E-state index in [2.05, 4.69) is 10.6 Å². The zero-order chi connectivity index (χ0) is 21.5. The summed E-state index contributed by atoms with van der Waals surface area (Å²) in [6.45, 7) is 2.94. The molecule has 154 valence electrons. The summed E-state index contributed by atoms with van der Waals surface area (Å²) in [5.74, 6) is -0.332. The van der Waals surface area contributed by atoms with Gasteiger partial charge in [-0.2, -0.15) is 0 Å². The number of amides is 2. The maximum Gasteiger partial charge on any atom is 0.251 e. The van der Waals surface area contributed by atoms with Crippen LogP contribution in [0.4, 0.5) is 5.69 Å². The quantitative estimate of drug-likeness (QED) is 0.631. The number of aryl methyl sites for hydroxylation is 1. The Morgan fingerprint density at radius 1 is 0.667 bits per heavy atom. The first-order valence-corrected chi connectivity index (χ1v) is 9.90. The molecule has 3 aromatic carbocycles. The van der Waals surface area contributed by atoms with Gasteiger partial charge < -0.3 is 15.5 Å². The summed E-state index contributed by atoms with van der Waals surface area (Å²) in [6.07, 6.45) is 0. The molecular formula is C25H27N3O2. The highest BCUT2D eigenvalue weighted by Gasteiger charge is 2.09. The molecule has 0 unspecified atom stereocenters. The molecule has 30 heavy (non-hydrogen) atoms. The smallest absolute Gasteiger partial charge is 0.251 e. The van der Waals surface area contributed by atoms with Crippen molar-refractivity contribution in [3.63, 3.8) is 0 Å². The first kappa shape index (κ1) is 21.1. The Morgan fingerprint density at radius 3 is 1.47 bits per heavy atom. The summed E-state index contributed by atoms with van der Waals surface area (Å²) in [5, 5.41) is 5.81. The van der Waals surface area contributed by atoms with Crippen molar-refractivity contribution >= 4 is 17.5 Å². The van der Waals surface area contributed by atoms with Crippen LogP contribution in [0.25, 0.3) is 0 Å². The van der Waals surface area contributed by atoms with E-state index in [0.717, 1.165) is 16.8 Å². The molecule has 2 N–H and O–H groups in total. The van der Waals surface area contributed by atoms with Gasteiger partial charge in [-0.25, -0.2) is 0 Å². The molecule has 3 aromatic rings. The standard InChI is InChI=1S/C25H27N3O2/c1-18-4-6-19(7-5-18)16-26-24(29)21-10-12-22(13-11-21)25(30)27-17-20-8-14-23(15-9-20)28(2)3/h4-15H,16-17H2,1-3H3,(H,26,29)(H,27,30). The molecule has 0 aliphatic heterocycles. The highest BCUT2D eigenvalue weighted by atomic mass is 16.2. The zero-order valence-electron chi connectivity index (χ0n) is 17.6. The molecule has 0 spiro atoms. The number of carbonyl (C=O) groups excluding carboxylic acids is 2. The highest BCUT2D eigenvalue weighted by Crippen LogP contribution is 2.12. The van der Waals surface area contributed by atoms with E-state index >= 15 is 0 Å². The van der Waals surface area contributed by atoms with Crippen LogP contribution in [0.1, 0.15) is 37.4 Å². The summed E-state index contributed by atoms with van der Waals surface area (Å²) >= 11 is 0. The molecule has 0 radical (unpaired) electrons. The molecule has 5 nitrogen and oxygen atoms in total. The molecule has 2 amide bonds. The second-order valence-electron chi connectivity index (χ2n) is 7.49. The molecule has 0 atom stereocenters. The second-order valence-corrected chi connectivity index (χ2v) is 7.49. The topological polar surface area (TPSA) is 61.4 Å². The number of rotatable bonds is 7. The lowest BCUT2D eigenvalue weighted by Gasteiger charge is -2.13. The van der Waals surface area contributed by atoms with E-state index < -0.39 is 0 Å². The fraction of sp³-hybridized carbons (Fsp3) is 0.200. The van der Waals surface area contributed by atoms with Crippen LogP contribution in [0.5, 0.6) is 0 Å².